The number of carbonyl (C=O) groups excluding carboxylic acids is 1. The largest absolute Gasteiger partial charge is 0.377 e. The number of nitrogens with one attached hydrogen (secondary N) is 1. The van der Waals surface area contributed by atoms with Crippen molar-refractivity contribution in [3.8, 4) is 11.1 Å². The Morgan fingerprint density at radius 2 is 1.86 bits per heavy atom. The summed E-state index contributed by atoms with van der Waals surface area (Å²) in [4.78, 5) is 15.3. The molecule has 0 aromatic heterocycles. The molecule has 1 unspecified atom stereocenters. The van der Waals surface area contributed by atoms with Gasteiger partial charge in [0, 0.05) is 20.1 Å². The van der Waals surface area contributed by atoms with Crippen molar-refractivity contribution in [2.24, 2.45) is 5.41 Å². The summed E-state index contributed by atoms with van der Waals surface area (Å²) in [7, 11) is 1.75. The first kappa shape index (κ1) is 19.9. The Bertz CT molecular complexity index is 860. The minimum atomic E-state index is -0.362. The molecular weight excluding hydrogens is 360 g/mol. The molecule has 4 rings (SSSR count). The van der Waals surface area contributed by atoms with Crippen LogP contribution in [0.25, 0.3) is 11.1 Å². The van der Waals surface area contributed by atoms with Crippen molar-refractivity contribution in [1.29, 1.82) is 0 Å². The predicted molar refractivity (Wildman–Crippen MR) is 117 cm³/mol. The number of rotatable bonds is 6. The summed E-state index contributed by atoms with van der Waals surface area (Å²) in [5, 5.41) is 2.92. The van der Waals surface area contributed by atoms with Gasteiger partial charge in [-0.3, -0.25) is 9.69 Å². The molecule has 0 aliphatic carbocycles. The summed E-state index contributed by atoms with van der Waals surface area (Å²) in [5.41, 5.74) is 4.63. The number of likely N-dealkylation sites (tertiary alicyclic amines) is 1. The van der Waals surface area contributed by atoms with Gasteiger partial charge in [0.1, 0.15) is 0 Å². The highest BCUT2D eigenvalue weighted by atomic mass is 16.5. The van der Waals surface area contributed by atoms with Crippen LogP contribution >= 0.6 is 0 Å². The maximum absolute atomic E-state index is 12.9. The van der Waals surface area contributed by atoms with Crippen LogP contribution in [-0.2, 0) is 16.0 Å². The van der Waals surface area contributed by atoms with Gasteiger partial charge in [0.15, 0.2) is 0 Å². The molecule has 2 aromatic rings. The molecule has 2 heterocycles. The van der Waals surface area contributed by atoms with Gasteiger partial charge < -0.3 is 10.1 Å². The van der Waals surface area contributed by atoms with Crippen LogP contribution in [0, 0.1) is 5.41 Å². The van der Waals surface area contributed by atoms with Crippen LogP contribution in [0.4, 0.5) is 0 Å². The molecule has 1 fully saturated rings. The second-order valence-electron chi connectivity index (χ2n) is 8.26. The fourth-order valence-electron chi connectivity index (χ4n) is 4.61. The maximum Gasteiger partial charge on any atom is 0.227 e. The van der Waals surface area contributed by atoms with E-state index in [4.69, 9.17) is 4.74 Å². The highest BCUT2D eigenvalue weighted by molar-refractivity contribution is 5.83. The van der Waals surface area contributed by atoms with Crippen molar-refractivity contribution in [3.05, 3.63) is 71.8 Å². The van der Waals surface area contributed by atoms with Crippen LogP contribution in [0.1, 0.15) is 18.4 Å². The molecule has 0 saturated carbocycles. The Hall–Kier alpha value is -2.43. The van der Waals surface area contributed by atoms with E-state index in [1.807, 2.05) is 6.07 Å². The molecule has 2 aromatic carbocycles. The Kier molecular flexibility index (Phi) is 6.12. The molecule has 29 heavy (non-hydrogen) atoms. The molecule has 0 radical (unpaired) electrons. The first-order valence-electron chi connectivity index (χ1n) is 10.5. The molecule has 0 spiro atoms. The standard InChI is InChI=1S/C25H30N2O2/c1-26-24(28)25(13-14-27(19-25)17-21-6-5-15-29-18-21)16-20-9-11-23(12-10-20)22-7-3-2-4-8-22/h2-4,6-12H,5,13-19H2,1H3,(H,26,28). The van der Waals surface area contributed by atoms with E-state index in [1.54, 1.807) is 7.05 Å². The molecule has 1 atom stereocenters. The van der Waals surface area contributed by atoms with Gasteiger partial charge in [-0.2, -0.15) is 0 Å². The zero-order chi connectivity index (χ0) is 20.1. The second kappa shape index (κ2) is 8.93. The Labute approximate surface area is 173 Å². The summed E-state index contributed by atoms with van der Waals surface area (Å²) in [6, 6.07) is 19.1. The minimum Gasteiger partial charge on any atom is -0.377 e. The number of carbonyl (C=O) groups is 1. The highest BCUT2D eigenvalue weighted by Crippen LogP contribution is 2.35. The second-order valence-corrected chi connectivity index (χ2v) is 8.26. The lowest BCUT2D eigenvalue weighted by atomic mass is 9.79. The lowest BCUT2D eigenvalue weighted by Crippen LogP contribution is -2.43. The van der Waals surface area contributed by atoms with E-state index in [1.165, 1.54) is 22.3 Å². The van der Waals surface area contributed by atoms with Gasteiger partial charge in [-0.15, -0.1) is 0 Å². The average Bonchev–Trinajstić information content (AvgIpc) is 3.18. The predicted octanol–water partition coefficient (Wildman–Crippen LogP) is 3.68. The number of nitrogens with zero attached hydrogens (tertiary/aromatic N) is 1. The van der Waals surface area contributed by atoms with Crippen LogP contribution in [0.3, 0.4) is 0 Å². The molecule has 1 N–H and O–H groups in total. The molecule has 2 aliphatic rings. The van der Waals surface area contributed by atoms with Crippen LogP contribution < -0.4 is 5.32 Å². The Morgan fingerprint density at radius 1 is 1.10 bits per heavy atom. The minimum absolute atomic E-state index is 0.154. The number of hydrogen-bond donors (Lipinski definition) is 1. The molecule has 4 heteroatoms. The van der Waals surface area contributed by atoms with Crippen molar-refractivity contribution < 1.29 is 9.53 Å². The topological polar surface area (TPSA) is 41.6 Å². The van der Waals surface area contributed by atoms with Gasteiger partial charge in [0.2, 0.25) is 5.91 Å². The molecular formula is C25H30N2O2. The first-order valence-corrected chi connectivity index (χ1v) is 10.5. The summed E-state index contributed by atoms with van der Waals surface area (Å²) in [6.07, 6.45) is 4.96. The van der Waals surface area contributed by atoms with Crippen LogP contribution in [0.5, 0.6) is 0 Å². The van der Waals surface area contributed by atoms with Crippen molar-refractivity contribution in [2.75, 3.05) is 39.9 Å². The van der Waals surface area contributed by atoms with Crippen LogP contribution in [0.15, 0.2) is 66.2 Å². The highest BCUT2D eigenvalue weighted by Gasteiger charge is 2.44. The fraction of sp³-hybridized carbons (Fsp3) is 0.400. The van der Waals surface area contributed by atoms with Crippen molar-refractivity contribution >= 4 is 5.91 Å². The SMILES string of the molecule is CNC(=O)C1(Cc2ccc(-c3ccccc3)cc2)CCN(CC2=CCCOC2)C1. The Morgan fingerprint density at radius 3 is 2.55 bits per heavy atom. The third-order valence-corrected chi connectivity index (χ3v) is 6.15. The Balaban J connectivity index is 1.47. The van der Waals surface area contributed by atoms with Crippen molar-refractivity contribution in [3.63, 3.8) is 0 Å². The maximum atomic E-state index is 12.9. The third-order valence-electron chi connectivity index (χ3n) is 6.15. The zero-order valence-electron chi connectivity index (χ0n) is 17.2. The van der Waals surface area contributed by atoms with E-state index in [2.05, 4.69) is 64.8 Å². The van der Waals surface area contributed by atoms with Gasteiger partial charge in [-0.05, 0) is 48.1 Å². The summed E-state index contributed by atoms with van der Waals surface area (Å²) in [6.45, 7) is 4.21. The lowest BCUT2D eigenvalue weighted by molar-refractivity contribution is -0.129. The van der Waals surface area contributed by atoms with Crippen molar-refractivity contribution in [2.45, 2.75) is 19.3 Å². The zero-order valence-corrected chi connectivity index (χ0v) is 17.2. The number of hydrogen-bond acceptors (Lipinski definition) is 3. The summed E-state index contributed by atoms with van der Waals surface area (Å²) < 4.78 is 5.58. The van der Waals surface area contributed by atoms with Gasteiger partial charge in [-0.25, -0.2) is 0 Å². The average molecular weight is 391 g/mol. The van der Waals surface area contributed by atoms with Gasteiger partial charge in [0.05, 0.1) is 18.6 Å². The van der Waals surface area contributed by atoms with E-state index in [-0.39, 0.29) is 11.3 Å². The third kappa shape index (κ3) is 4.60. The number of amides is 1. The number of benzene rings is 2. The monoisotopic (exact) mass is 390 g/mol. The normalized spacial score (nSPS) is 22.3. The van der Waals surface area contributed by atoms with E-state index in [0.717, 1.165) is 52.1 Å². The van der Waals surface area contributed by atoms with Crippen molar-refractivity contribution in [1.82, 2.24) is 10.2 Å². The summed E-state index contributed by atoms with van der Waals surface area (Å²) in [5.74, 6) is 0.154. The summed E-state index contributed by atoms with van der Waals surface area (Å²) >= 11 is 0. The van der Waals surface area contributed by atoms with Gasteiger partial charge in [0.25, 0.3) is 0 Å². The first-order chi connectivity index (χ1) is 14.2. The van der Waals surface area contributed by atoms with Crippen LogP contribution in [0.2, 0.25) is 0 Å². The van der Waals surface area contributed by atoms with Gasteiger partial charge >= 0.3 is 0 Å². The molecule has 1 saturated heterocycles. The van der Waals surface area contributed by atoms with Crippen LogP contribution in [-0.4, -0.2) is 50.7 Å². The number of ether oxygens (including phenoxy) is 1. The molecule has 1 amide bonds. The lowest BCUT2D eigenvalue weighted by Gasteiger charge is -2.28. The molecule has 4 nitrogen and oxygen atoms in total. The molecule has 152 valence electrons. The quantitative estimate of drug-likeness (QED) is 0.765. The molecule has 0 bridgehead atoms. The van der Waals surface area contributed by atoms with E-state index >= 15 is 0 Å². The van der Waals surface area contributed by atoms with Gasteiger partial charge in [-0.1, -0.05) is 60.7 Å². The van der Waals surface area contributed by atoms with E-state index < -0.39 is 0 Å². The van der Waals surface area contributed by atoms with E-state index in [0.29, 0.717) is 0 Å². The molecule has 2 aliphatic heterocycles. The van der Waals surface area contributed by atoms with E-state index in [9.17, 15) is 4.79 Å². The smallest absolute Gasteiger partial charge is 0.227 e. The fourth-order valence-corrected chi connectivity index (χ4v) is 4.61.